The molecule has 1 amide bonds. The van der Waals surface area contributed by atoms with Gasteiger partial charge in [0.1, 0.15) is 6.33 Å². The highest BCUT2D eigenvalue weighted by molar-refractivity contribution is 6.06. The zero-order valence-electron chi connectivity index (χ0n) is 14.6. The van der Waals surface area contributed by atoms with E-state index in [0.717, 1.165) is 35.7 Å². The van der Waals surface area contributed by atoms with Crippen LogP contribution in [0, 0.1) is 6.92 Å². The van der Waals surface area contributed by atoms with Crippen molar-refractivity contribution in [3.63, 3.8) is 0 Å². The van der Waals surface area contributed by atoms with Crippen LogP contribution in [-0.2, 0) is 0 Å². The molecule has 2 aromatic carbocycles. The van der Waals surface area contributed by atoms with Crippen molar-refractivity contribution in [2.24, 2.45) is 0 Å². The summed E-state index contributed by atoms with van der Waals surface area (Å²) in [4.78, 5) is 15.1. The predicted octanol–water partition coefficient (Wildman–Crippen LogP) is 2.82. The molecule has 0 aliphatic carbocycles. The summed E-state index contributed by atoms with van der Waals surface area (Å²) in [6, 6.07) is 13.5. The van der Waals surface area contributed by atoms with Crippen molar-refractivity contribution in [3.05, 3.63) is 59.9 Å². The number of aryl methyl sites for hydroxylation is 1. The molecule has 1 aromatic heterocycles. The van der Waals surface area contributed by atoms with Crippen molar-refractivity contribution in [1.29, 1.82) is 0 Å². The first-order chi connectivity index (χ1) is 12.7. The minimum Gasteiger partial charge on any atom is -0.370 e. The Morgan fingerprint density at radius 3 is 2.69 bits per heavy atom. The molecule has 1 N–H and O–H groups in total. The molecule has 4 rings (SSSR count). The highest BCUT2D eigenvalue weighted by Gasteiger charge is 2.18. The molecule has 1 fully saturated rings. The number of carbonyl (C=O) groups excluding carboxylic acids is 1. The molecule has 0 saturated carbocycles. The maximum Gasteiger partial charge on any atom is 0.255 e. The second-order valence-corrected chi connectivity index (χ2v) is 6.47. The third kappa shape index (κ3) is 3.28. The zero-order valence-corrected chi connectivity index (χ0v) is 14.6. The molecule has 1 aliphatic rings. The largest absolute Gasteiger partial charge is 0.370 e. The highest BCUT2D eigenvalue weighted by atomic mass is 16.1. The minimum atomic E-state index is -0.122. The van der Waals surface area contributed by atoms with E-state index < -0.39 is 0 Å². The third-order valence-electron chi connectivity index (χ3n) is 4.57. The maximum absolute atomic E-state index is 12.8. The fourth-order valence-electron chi connectivity index (χ4n) is 3.26. The minimum absolute atomic E-state index is 0.122. The van der Waals surface area contributed by atoms with Gasteiger partial charge in [0.15, 0.2) is 0 Å². The lowest BCUT2D eigenvalue weighted by atomic mass is 10.1. The summed E-state index contributed by atoms with van der Waals surface area (Å²) in [6.45, 7) is 3.97. The Labute approximate surface area is 151 Å². The van der Waals surface area contributed by atoms with Crippen LogP contribution in [0.15, 0.2) is 48.8 Å². The summed E-state index contributed by atoms with van der Waals surface area (Å²) in [7, 11) is 0. The molecule has 2 heterocycles. The van der Waals surface area contributed by atoms with E-state index in [4.69, 9.17) is 0 Å². The number of aromatic nitrogens is 4. The molecule has 1 saturated heterocycles. The molecule has 0 radical (unpaired) electrons. The number of hydrogen-bond acceptors (Lipinski definition) is 5. The van der Waals surface area contributed by atoms with Crippen molar-refractivity contribution in [2.45, 2.75) is 19.8 Å². The van der Waals surface area contributed by atoms with Gasteiger partial charge in [-0.15, -0.1) is 5.10 Å². The number of rotatable bonds is 4. The number of hydrogen-bond donors (Lipinski definition) is 1. The third-order valence-corrected chi connectivity index (χ3v) is 4.57. The second kappa shape index (κ2) is 6.95. The Balaban J connectivity index is 1.69. The number of anilines is 2. The molecule has 0 spiro atoms. The van der Waals surface area contributed by atoms with Gasteiger partial charge in [0.2, 0.25) is 0 Å². The molecule has 7 heteroatoms. The van der Waals surface area contributed by atoms with Crippen LogP contribution in [0.5, 0.6) is 0 Å². The quantitative estimate of drug-likeness (QED) is 0.785. The molecule has 7 nitrogen and oxygen atoms in total. The first-order valence-electron chi connectivity index (χ1n) is 8.71. The van der Waals surface area contributed by atoms with Crippen LogP contribution in [0.4, 0.5) is 11.4 Å². The molecule has 0 unspecified atom stereocenters. The summed E-state index contributed by atoms with van der Waals surface area (Å²) in [5, 5.41) is 14.4. The second-order valence-electron chi connectivity index (χ2n) is 6.47. The van der Waals surface area contributed by atoms with E-state index in [0.29, 0.717) is 5.56 Å². The summed E-state index contributed by atoms with van der Waals surface area (Å²) in [6.07, 6.45) is 3.87. The SMILES string of the molecule is Cc1cccc(C(=O)Nc2cc(-n3cnnn3)ccc2N2CCCC2)c1. The first kappa shape index (κ1) is 16.3. The Bertz CT molecular complexity index is 916. The monoisotopic (exact) mass is 348 g/mol. The van der Waals surface area contributed by atoms with Gasteiger partial charge in [0.05, 0.1) is 17.1 Å². The molecule has 26 heavy (non-hydrogen) atoms. The average molecular weight is 348 g/mol. The van der Waals surface area contributed by atoms with Crippen LogP contribution < -0.4 is 10.2 Å². The summed E-state index contributed by atoms with van der Waals surface area (Å²) >= 11 is 0. The van der Waals surface area contributed by atoms with Gasteiger partial charge in [-0.2, -0.15) is 0 Å². The van der Waals surface area contributed by atoms with Gasteiger partial charge in [-0.25, -0.2) is 4.68 Å². The van der Waals surface area contributed by atoms with Crippen molar-refractivity contribution >= 4 is 17.3 Å². The average Bonchev–Trinajstić information content (AvgIpc) is 3.35. The topological polar surface area (TPSA) is 75.9 Å². The molecular formula is C19H20N6O. The van der Waals surface area contributed by atoms with E-state index >= 15 is 0 Å². The standard InChI is InChI=1S/C19H20N6O/c1-14-5-4-6-15(11-14)19(26)21-17-12-16(25-13-20-22-23-25)7-8-18(17)24-9-2-3-10-24/h4-8,11-13H,2-3,9-10H2,1H3,(H,21,26). The van der Waals surface area contributed by atoms with Crippen molar-refractivity contribution in [2.75, 3.05) is 23.3 Å². The van der Waals surface area contributed by atoms with Crippen molar-refractivity contribution in [3.8, 4) is 5.69 Å². The van der Waals surface area contributed by atoms with Gasteiger partial charge in [-0.05, 0) is 60.5 Å². The highest BCUT2D eigenvalue weighted by Crippen LogP contribution is 2.31. The molecule has 0 bridgehead atoms. The maximum atomic E-state index is 12.8. The van der Waals surface area contributed by atoms with Gasteiger partial charge in [0.25, 0.3) is 5.91 Å². The smallest absolute Gasteiger partial charge is 0.255 e. The lowest BCUT2D eigenvalue weighted by molar-refractivity contribution is 0.102. The number of benzene rings is 2. The van der Waals surface area contributed by atoms with Crippen LogP contribution in [-0.4, -0.2) is 39.2 Å². The van der Waals surface area contributed by atoms with E-state index in [1.54, 1.807) is 4.68 Å². The van der Waals surface area contributed by atoms with E-state index in [1.165, 1.54) is 19.2 Å². The number of amides is 1. The molecular weight excluding hydrogens is 328 g/mol. The van der Waals surface area contributed by atoms with Gasteiger partial charge < -0.3 is 10.2 Å². The number of carbonyl (C=O) groups is 1. The van der Waals surface area contributed by atoms with Crippen LogP contribution in [0.25, 0.3) is 5.69 Å². The van der Waals surface area contributed by atoms with Crippen molar-refractivity contribution < 1.29 is 4.79 Å². The molecule has 0 atom stereocenters. The van der Waals surface area contributed by atoms with Crippen LogP contribution in [0.3, 0.4) is 0 Å². The Morgan fingerprint density at radius 1 is 1.12 bits per heavy atom. The summed E-state index contributed by atoms with van der Waals surface area (Å²) in [5.74, 6) is -0.122. The molecule has 132 valence electrons. The fraction of sp³-hybridized carbons (Fsp3) is 0.263. The number of nitrogens with one attached hydrogen (secondary N) is 1. The normalized spacial score (nSPS) is 13.8. The van der Waals surface area contributed by atoms with Crippen molar-refractivity contribution in [1.82, 2.24) is 20.2 Å². The Kier molecular flexibility index (Phi) is 4.35. The van der Waals surface area contributed by atoms with Crippen LogP contribution >= 0.6 is 0 Å². The predicted molar refractivity (Wildman–Crippen MR) is 99.7 cm³/mol. The van der Waals surface area contributed by atoms with Gasteiger partial charge in [-0.3, -0.25) is 4.79 Å². The van der Waals surface area contributed by atoms with Crippen LogP contribution in [0.2, 0.25) is 0 Å². The number of tetrazole rings is 1. The van der Waals surface area contributed by atoms with E-state index in [9.17, 15) is 4.79 Å². The molecule has 1 aliphatic heterocycles. The van der Waals surface area contributed by atoms with Gasteiger partial charge in [0, 0.05) is 18.7 Å². The van der Waals surface area contributed by atoms with E-state index in [2.05, 4.69) is 25.7 Å². The fourth-order valence-corrected chi connectivity index (χ4v) is 3.26. The Morgan fingerprint density at radius 2 is 1.96 bits per heavy atom. The van der Waals surface area contributed by atoms with E-state index in [-0.39, 0.29) is 5.91 Å². The number of nitrogens with zero attached hydrogens (tertiary/aromatic N) is 5. The zero-order chi connectivity index (χ0) is 17.9. The lowest BCUT2D eigenvalue weighted by Crippen LogP contribution is -2.21. The van der Waals surface area contributed by atoms with Crippen LogP contribution in [0.1, 0.15) is 28.8 Å². The van der Waals surface area contributed by atoms with Gasteiger partial charge in [-0.1, -0.05) is 17.7 Å². The lowest BCUT2D eigenvalue weighted by Gasteiger charge is -2.22. The molecule has 3 aromatic rings. The van der Waals surface area contributed by atoms with E-state index in [1.807, 2.05) is 49.4 Å². The van der Waals surface area contributed by atoms with Gasteiger partial charge >= 0.3 is 0 Å². The summed E-state index contributed by atoms with van der Waals surface area (Å²) < 4.78 is 1.58. The summed E-state index contributed by atoms with van der Waals surface area (Å²) in [5.41, 5.74) is 4.30. The Hall–Kier alpha value is -3.22. The first-order valence-corrected chi connectivity index (χ1v) is 8.71.